The molecule has 72 valence electrons. The van der Waals surface area contributed by atoms with Crippen LogP contribution in [0.1, 0.15) is 5.56 Å². The van der Waals surface area contributed by atoms with Gasteiger partial charge < -0.3 is 5.73 Å². The molecule has 2 aromatic rings. The maximum atomic E-state index is 5.67. The van der Waals surface area contributed by atoms with Crippen molar-refractivity contribution in [1.82, 2.24) is 14.8 Å². The summed E-state index contributed by atoms with van der Waals surface area (Å²) in [6.07, 6.45) is 3.15. The van der Waals surface area contributed by atoms with Gasteiger partial charge in [-0.25, -0.2) is 9.67 Å². The molecular weight excluding hydrogens is 244 g/mol. The molecule has 5 heteroatoms. The Balaban J connectivity index is 2.58. The highest BCUT2D eigenvalue weighted by Crippen LogP contribution is 2.22. The molecule has 4 nitrogen and oxygen atoms in total. The first-order valence-electron chi connectivity index (χ1n) is 4.15. The largest absolute Gasteiger partial charge is 0.326 e. The van der Waals surface area contributed by atoms with Crippen LogP contribution in [0.4, 0.5) is 0 Å². The summed E-state index contributed by atoms with van der Waals surface area (Å²) in [4.78, 5) is 3.90. The van der Waals surface area contributed by atoms with Crippen LogP contribution >= 0.6 is 15.9 Å². The number of benzene rings is 1. The minimum Gasteiger partial charge on any atom is -0.326 e. The second kappa shape index (κ2) is 3.89. The van der Waals surface area contributed by atoms with E-state index in [0.29, 0.717) is 6.54 Å². The third-order valence-electron chi connectivity index (χ3n) is 1.96. The van der Waals surface area contributed by atoms with Gasteiger partial charge in [0.05, 0.1) is 5.69 Å². The average molecular weight is 253 g/mol. The molecule has 0 radical (unpaired) electrons. The molecule has 0 bridgehead atoms. The van der Waals surface area contributed by atoms with E-state index in [0.717, 1.165) is 15.7 Å². The van der Waals surface area contributed by atoms with Crippen molar-refractivity contribution in [2.24, 2.45) is 5.73 Å². The van der Waals surface area contributed by atoms with Crippen molar-refractivity contribution in [3.8, 4) is 5.69 Å². The van der Waals surface area contributed by atoms with Gasteiger partial charge >= 0.3 is 0 Å². The van der Waals surface area contributed by atoms with Gasteiger partial charge in [-0.1, -0.05) is 22.0 Å². The number of nitrogens with zero attached hydrogens (tertiary/aromatic N) is 3. The number of hydrogen-bond donors (Lipinski definition) is 1. The highest BCUT2D eigenvalue weighted by Gasteiger charge is 2.06. The Kier molecular flexibility index (Phi) is 2.60. The van der Waals surface area contributed by atoms with E-state index < -0.39 is 0 Å². The van der Waals surface area contributed by atoms with Crippen molar-refractivity contribution in [2.45, 2.75) is 6.54 Å². The minimum atomic E-state index is 0.469. The van der Waals surface area contributed by atoms with Gasteiger partial charge in [-0.15, -0.1) is 0 Å². The summed E-state index contributed by atoms with van der Waals surface area (Å²) >= 11 is 3.45. The predicted molar refractivity (Wildman–Crippen MR) is 57.0 cm³/mol. The fraction of sp³-hybridized carbons (Fsp3) is 0.111. The van der Waals surface area contributed by atoms with Crippen LogP contribution in [-0.4, -0.2) is 14.8 Å². The summed E-state index contributed by atoms with van der Waals surface area (Å²) in [6.45, 7) is 0.469. The topological polar surface area (TPSA) is 56.7 Å². The van der Waals surface area contributed by atoms with Crippen molar-refractivity contribution in [2.75, 3.05) is 0 Å². The fourth-order valence-corrected chi connectivity index (χ4v) is 1.81. The molecule has 0 amide bonds. The molecule has 0 unspecified atom stereocenters. The SMILES string of the molecule is NCc1c(Br)cccc1-n1cncn1. The monoisotopic (exact) mass is 252 g/mol. The maximum Gasteiger partial charge on any atom is 0.138 e. The molecular formula is C9H9BrN4. The van der Waals surface area contributed by atoms with Crippen molar-refractivity contribution in [1.29, 1.82) is 0 Å². The summed E-state index contributed by atoms with van der Waals surface area (Å²) in [5.74, 6) is 0. The van der Waals surface area contributed by atoms with Crippen LogP contribution < -0.4 is 5.73 Å². The Labute approximate surface area is 89.9 Å². The maximum absolute atomic E-state index is 5.67. The van der Waals surface area contributed by atoms with Crippen LogP contribution in [0.25, 0.3) is 5.69 Å². The predicted octanol–water partition coefficient (Wildman–Crippen LogP) is 1.49. The molecule has 0 atom stereocenters. The average Bonchev–Trinajstić information content (AvgIpc) is 2.70. The van der Waals surface area contributed by atoms with Gasteiger partial charge in [0.25, 0.3) is 0 Å². The molecule has 1 aromatic carbocycles. The summed E-state index contributed by atoms with van der Waals surface area (Å²) in [5, 5.41) is 4.07. The highest BCUT2D eigenvalue weighted by molar-refractivity contribution is 9.10. The van der Waals surface area contributed by atoms with Gasteiger partial charge in [0.1, 0.15) is 12.7 Å². The van der Waals surface area contributed by atoms with Crippen molar-refractivity contribution in [3.05, 3.63) is 40.9 Å². The van der Waals surface area contributed by atoms with Crippen molar-refractivity contribution < 1.29 is 0 Å². The first kappa shape index (κ1) is 9.36. The van der Waals surface area contributed by atoms with Crippen LogP contribution in [0, 0.1) is 0 Å². The van der Waals surface area contributed by atoms with Crippen LogP contribution in [0.15, 0.2) is 35.3 Å². The minimum absolute atomic E-state index is 0.469. The van der Waals surface area contributed by atoms with Crippen LogP contribution in [0.3, 0.4) is 0 Å². The first-order chi connectivity index (χ1) is 6.83. The Hall–Kier alpha value is -1.20. The van der Waals surface area contributed by atoms with E-state index in [-0.39, 0.29) is 0 Å². The van der Waals surface area contributed by atoms with E-state index in [4.69, 9.17) is 5.73 Å². The number of hydrogen-bond acceptors (Lipinski definition) is 3. The molecule has 0 spiro atoms. The third kappa shape index (κ3) is 1.56. The number of rotatable bonds is 2. The highest BCUT2D eigenvalue weighted by atomic mass is 79.9. The quantitative estimate of drug-likeness (QED) is 0.882. The number of aromatic nitrogens is 3. The lowest BCUT2D eigenvalue weighted by Gasteiger charge is -2.08. The Bertz CT molecular complexity index is 424. The number of nitrogens with two attached hydrogens (primary N) is 1. The van der Waals surface area contributed by atoms with E-state index >= 15 is 0 Å². The summed E-state index contributed by atoms with van der Waals surface area (Å²) in [5.41, 5.74) is 7.65. The lowest BCUT2D eigenvalue weighted by atomic mass is 10.2. The van der Waals surface area contributed by atoms with Crippen LogP contribution in [-0.2, 0) is 6.54 Å². The fourth-order valence-electron chi connectivity index (χ4n) is 1.30. The number of halogens is 1. The van der Waals surface area contributed by atoms with E-state index in [1.165, 1.54) is 6.33 Å². The molecule has 0 saturated heterocycles. The van der Waals surface area contributed by atoms with Gasteiger partial charge in [0.15, 0.2) is 0 Å². The molecule has 14 heavy (non-hydrogen) atoms. The Morgan fingerprint density at radius 1 is 1.43 bits per heavy atom. The van der Waals surface area contributed by atoms with Crippen molar-refractivity contribution in [3.63, 3.8) is 0 Å². The Morgan fingerprint density at radius 3 is 2.93 bits per heavy atom. The third-order valence-corrected chi connectivity index (χ3v) is 2.71. The Morgan fingerprint density at radius 2 is 2.29 bits per heavy atom. The van der Waals surface area contributed by atoms with Gasteiger partial charge in [0.2, 0.25) is 0 Å². The van der Waals surface area contributed by atoms with Gasteiger partial charge in [-0.2, -0.15) is 5.10 Å². The van der Waals surface area contributed by atoms with Gasteiger partial charge in [0, 0.05) is 16.6 Å². The summed E-state index contributed by atoms with van der Waals surface area (Å²) in [6, 6.07) is 5.87. The normalized spacial score (nSPS) is 10.4. The van der Waals surface area contributed by atoms with Crippen LogP contribution in [0.5, 0.6) is 0 Å². The molecule has 0 aliphatic heterocycles. The molecule has 0 fully saturated rings. The molecule has 2 N–H and O–H groups in total. The lowest BCUT2D eigenvalue weighted by Crippen LogP contribution is -2.05. The smallest absolute Gasteiger partial charge is 0.138 e. The summed E-state index contributed by atoms with van der Waals surface area (Å²) < 4.78 is 2.69. The van der Waals surface area contributed by atoms with Gasteiger partial charge in [-0.3, -0.25) is 0 Å². The van der Waals surface area contributed by atoms with E-state index in [9.17, 15) is 0 Å². The zero-order valence-electron chi connectivity index (χ0n) is 7.39. The van der Waals surface area contributed by atoms with Crippen LogP contribution in [0.2, 0.25) is 0 Å². The second-order valence-corrected chi connectivity index (χ2v) is 3.64. The van der Waals surface area contributed by atoms with E-state index in [2.05, 4.69) is 26.0 Å². The standard InChI is InChI=1S/C9H9BrN4/c10-8-2-1-3-9(7(8)4-11)14-6-12-5-13-14/h1-3,5-6H,4,11H2. The molecule has 1 heterocycles. The molecule has 0 aliphatic carbocycles. The summed E-state index contributed by atoms with van der Waals surface area (Å²) in [7, 11) is 0. The van der Waals surface area contributed by atoms with Crippen molar-refractivity contribution >= 4 is 15.9 Å². The van der Waals surface area contributed by atoms with Gasteiger partial charge in [-0.05, 0) is 12.1 Å². The zero-order chi connectivity index (χ0) is 9.97. The van der Waals surface area contributed by atoms with E-state index in [1.54, 1.807) is 11.0 Å². The molecule has 0 aliphatic rings. The molecule has 0 saturated carbocycles. The molecule has 2 rings (SSSR count). The van der Waals surface area contributed by atoms with E-state index in [1.807, 2.05) is 18.2 Å². The lowest BCUT2D eigenvalue weighted by molar-refractivity contribution is 0.855. The first-order valence-corrected chi connectivity index (χ1v) is 4.94. The molecule has 1 aromatic heterocycles. The zero-order valence-corrected chi connectivity index (χ0v) is 8.98. The second-order valence-electron chi connectivity index (χ2n) is 2.78.